The lowest BCUT2D eigenvalue weighted by molar-refractivity contribution is -0.112. The van der Waals surface area contributed by atoms with Crippen LogP contribution in [0.2, 0.25) is 0 Å². The summed E-state index contributed by atoms with van der Waals surface area (Å²) in [5.74, 6) is 1.56. The average Bonchev–Trinajstić information content (AvgIpc) is 2.13. The minimum absolute atomic E-state index is 0.306. The van der Waals surface area contributed by atoms with Gasteiger partial charge in [-0.1, -0.05) is 27.7 Å². The molecule has 1 heteroatoms. The zero-order valence-electron chi connectivity index (χ0n) is 7.92. The number of hydrogen-bond donors (Lipinski definition) is 0. The van der Waals surface area contributed by atoms with Crippen molar-refractivity contribution in [1.82, 2.24) is 0 Å². The summed E-state index contributed by atoms with van der Waals surface area (Å²) < 4.78 is 0. The van der Waals surface area contributed by atoms with Gasteiger partial charge in [0, 0.05) is 5.92 Å². The first kappa shape index (κ1) is 8.76. The van der Waals surface area contributed by atoms with Crippen LogP contribution in [0.3, 0.4) is 0 Å². The third-order valence-electron chi connectivity index (χ3n) is 3.63. The maximum Gasteiger partial charge on any atom is 0.123 e. The van der Waals surface area contributed by atoms with Crippen LogP contribution in [0.1, 0.15) is 34.1 Å². The van der Waals surface area contributed by atoms with E-state index >= 15 is 0 Å². The van der Waals surface area contributed by atoms with Gasteiger partial charge in [0.15, 0.2) is 0 Å². The van der Waals surface area contributed by atoms with Crippen molar-refractivity contribution in [3.8, 4) is 0 Å². The van der Waals surface area contributed by atoms with Gasteiger partial charge in [0.1, 0.15) is 6.29 Å². The van der Waals surface area contributed by atoms with Gasteiger partial charge in [-0.25, -0.2) is 0 Å². The number of hydrogen-bond acceptors (Lipinski definition) is 1. The highest BCUT2D eigenvalue weighted by atomic mass is 16.1. The Bertz CT molecular complexity index is 160. The molecule has 0 saturated heterocycles. The fraction of sp³-hybridized carbons (Fsp3) is 0.900. The summed E-state index contributed by atoms with van der Waals surface area (Å²) in [6.07, 6.45) is 2.20. The smallest absolute Gasteiger partial charge is 0.123 e. The van der Waals surface area contributed by atoms with Gasteiger partial charge in [0.05, 0.1) is 0 Å². The summed E-state index contributed by atoms with van der Waals surface area (Å²) in [5, 5.41) is 0. The van der Waals surface area contributed by atoms with Gasteiger partial charge in [0.25, 0.3) is 0 Å². The van der Waals surface area contributed by atoms with Gasteiger partial charge < -0.3 is 4.79 Å². The standard InChI is InChI=1S/C10H18O/c1-7-8(2)10(3,4)5-9(7)6-11/h6-9H,5H2,1-4H3/t7-,8+,9?/m1/s1. The molecule has 0 heterocycles. The molecule has 1 nitrogen and oxygen atoms in total. The predicted octanol–water partition coefficient (Wildman–Crippen LogP) is 2.50. The molecule has 0 aromatic rings. The molecule has 1 aliphatic rings. The van der Waals surface area contributed by atoms with E-state index in [4.69, 9.17) is 0 Å². The molecule has 64 valence electrons. The molecule has 0 amide bonds. The van der Waals surface area contributed by atoms with Crippen LogP contribution < -0.4 is 0 Å². The Morgan fingerprint density at radius 3 is 2.09 bits per heavy atom. The van der Waals surface area contributed by atoms with Crippen LogP contribution in [-0.4, -0.2) is 6.29 Å². The van der Waals surface area contributed by atoms with Crippen LogP contribution in [0.5, 0.6) is 0 Å². The normalized spacial score (nSPS) is 42.4. The number of rotatable bonds is 1. The monoisotopic (exact) mass is 154 g/mol. The SMILES string of the molecule is C[C@H]1C(C=O)CC(C)(C)[C@H]1C. The maximum atomic E-state index is 10.7. The molecule has 1 aliphatic carbocycles. The van der Waals surface area contributed by atoms with E-state index in [9.17, 15) is 4.79 Å². The molecule has 0 N–H and O–H groups in total. The van der Waals surface area contributed by atoms with Gasteiger partial charge >= 0.3 is 0 Å². The molecule has 0 aliphatic heterocycles. The first-order valence-electron chi connectivity index (χ1n) is 4.44. The number of carbonyl (C=O) groups is 1. The average molecular weight is 154 g/mol. The van der Waals surface area contributed by atoms with E-state index in [2.05, 4.69) is 27.7 Å². The van der Waals surface area contributed by atoms with Crippen LogP contribution in [0.15, 0.2) is 0 Å². The molecular formula is C10H18O. The molecule has 1 unspecified atom stereocenters. The van der Waals surface area contributed by atoms with Crippen LogP contribution in [0, 0.1) is 23.2 Å². The highest BCUT2D eigenvalue weighted by molar-refractivity contribution is 5.55. The molecule has 3 atom stereocenters. The lowest BCUT2D eigenvalue weighted by Crippen LogP contribution is -2.17. The lowest BCUT2D eigenvalue weighted by Gasteiger charge is -2.24. The van der Waals surface area contributed by atoms with Crippen molar-refractivity contribution in [2.24, 2.45) is 23.2 Å². The fourth-order valence-corrected chi connectivity index (χ4v) is 2.23. The Labute approximate surface area is 69.2 Å². The second-order valence-corrected chi connectivity index (χ2v) is 4.64. The van der Waals surface area contributed by atoms with Crippen molar-refractivity contribution >= 4 is 6.29 Å². The number of carbonyl (C=O) groups excluding carboxylic acids is 1. The molecule has 0 aromatic heterocycles. The van der Waals surface area contributed by atoms with Crippen LogP contribution >= 0.6 is 0 Å². The Morgan fingerprint density at radius 1 is 1.36 bits per heavy atom. The second-order valence-electron chi connectivity index (χ2n) is 4.64. The fourth-order valence-electron chi connectivity index (χ4n) is 2.23. The Balaban J connectivity index is 2.76. The van der Waals surface area contributed by atoms with Crippen molar-refractivity contribution < 1.29 is 4.79 Å². The Hall–Kier alpha value is -0.330. The van der Waals surface area contributed by atoms with Crippen molar-refractivity contribution in [3.63, 3.8) is 0 Å². The van der Waals surface area contributed by atoms with E-state index in [0.29, 0.717) is 23.2 Å². The summed E-state index contributed by atoms with van der Waals surface area (Å²) in [4.78, 5) is 10.7. The third kappa shape index (κ3) is 1.33. The van der Waals surface area contributed by atoms with E-state index in [1.54, 1.807) is 0 Å². The van der Waals surface area contributed by atoms with E-state index < -0.39 is 0 Å². The first-order valence-corrected chi connectivity index (χ1v) is 4.44. The molecule has 0 bridgehead atoms. The van der Waals surface area contributed by atoms with Crippen LogP contribution in [0.4, 0.5) is 0 Å². The largest absolute Gasteiger partial charge is 0.303 e. The molecule has 1 fully saturated rings. The summed E-state index contributed by atoms with van der Waals surface area (Å²) in [6.45, 7) is 8.97. The summed E-state index contributed by atoms with van der Waals surface area (Å²) in [6, 6.07) is 0. The Morgan fingerprint density at radius 2 is 1.91 bits per heavy atom. The number of aldehydes is 1. The molecule has 1 rings (SSSR count). The summed E-state index contributed by atoms with van der Waals surface area (Å²) in [7, 11) is 0. The van der Waals surface area contributed by atoms with E-state index in [0.717, 1.165) is 12.7 Å². The van der Waals surface area contributed by atoms with E-state index in [1.165, 1.54) is 0 Å². The van der Waals surface area contributed by atoms with Crippen LogP contribution in [0.25, 0.3) is 0 Å². The van der Waals surface area contributed by atoms with Crippen molar-refractivity contribution in [2.45, 2.75) is 34.1 Å². The van der Waals surface area contributed by atoms with Crippen molar-refractivity contribution in [3.05, 3.63) is 0 Å². The molecule has 0 spiro atoms. The quantitative estimate of drug-likeness (QED) is 0.530. The zero-order chi connectivity index (χ0) is 8.65. The predicted molar refractivity (Wildman–Crippen MR) is 46.3 cm³/mol. The summed E-state index contributed by atoms with van der Waals surface area (Å²) >= 11 is 0. The van der Waals surface area contributed by atoms with Crippen LogP contribution in [-0.2, 0) is 4.79 Å². The van der Waals surface area contributed by atoms with Crippen molar-refractivity contribution in [1.29, 1.82) is 0 Å². The second kappa shape index (κ2) is 2.62. The third-order valence-corrected chi connectivity index (χ3v) is 3.63. The molecule has 0 aromatic carbocycles. The first-order chi connectivity index (χ1) is 4.99. The lowest BCUT2D eigenvalue weighted by atomic mass is 9.81. The minimum Gasteiger partial charge on any atom is -0.303 e. The minimum atomic E-state index is 0.306. The van der Waals surface area contributed by atoms with Gasteiger partial charge in [-0.05, 0) is 23.7 Å². The highest BCUT2D eigenvalue weighted by Crippen LogP contribution is 2.48. The van der Waals surface area contributed by atoms with E-state index in [1.807, 2.05) is 0 Å². The van der Waals surface area contributed by atoms with E-state index in [-0.39, 0.29) is 0 Å². The van der Waals surface area contributed by atoms with Gasteiger partial charge in [0.2, 0.25) is 0 Å². The molecule has 11 heavy (non-hydrogen) atoms. The van der Waals surface area contributed by atoms with Crippen molar-refractivity contribution in [2.75, 3.05) is 0 Å². The van der Waals surface area contributed by atoms with Gasteiger partial charge in [-0.3, -0.25) is 0 Å². The molecule has 1 saturated carbocycles. The Kier molecular flexibility index (Phi) is 2.08. The molecule has 0 radical (unpaired) electrons. The van der Waals surface area contributed by atoms with Gasteiger partial charge in [-0.15, -0.1) is 0 Å². The summed E-state index contributed by atoms with van der Waals surface area (Å²) in [5.41, 5.74) is 0.366. The highest BCUT2D eigenvalue weighted by Gasteiger charge is 2.42. The van der Waals surface area contributed by atoms with Gasteiger partial charge in [-0.2, -0.15) is 0 Å². The molecular weight excluding hydrogens is 136 g/mol. The topological polar surface area (TPSA) is 17.1 Å². The zero-order valence-corrected chi connectivity index (χ0v) is 7.92. The maximum absolute atomic E-state index is 10.7.